The molecule has 25 heavy (non-hydrogen) atoms. The van der Waals surface area contributed by atoms with Gasteiger partial charge in [-0.05, 0) is 36.8 Å². The van der Waals surface area contributed by atoms with Gasteiger partial charge in [0, 0.05) is 5.39 Å². The van der Waals surface area contributed by atoms with E-state index in [2.05, 4.69) is 5.10 Å². The van der Waals surface area contributed by atoms with Crippen molar-refractivity contribution in [2.24, 2.45) is 5.84 Å². The third-order valence-corrected chi connectivity index (χ3v) is 4.56. The molecular weight excluding hydrogens is 361 g/mol. The van der Waals surface area contributed by atoms with Crippen molar-refractivity contribution in [2.75, 3.05) is 0 Å². The Balaban J connectivity index is 2.22. The molecule has 0 spiro atoms. The smallest absolute Gasteiger partial charge is 0.287 e. The Hall–Kier alpha value is -2.41. The Morgan fingerprint density at radius 3 is 2.68 bits per heavy atom. The standard InChI is InChI=1S/C17H15Cl2N5O/c1-9-2-5-14-11(6-9)15(20)16(17(25)22-21)23-24(14)8-10-3-4-12(18)13(19)7-10/h2-7,20H,8,21H2,1H3,(H,22,25). The molecule has 128 valence electrons. The van der Waals surface area contributed by atoms with Crippen molar-refractivity contribution >= 4 is 40.0 Å². The first-order valence-electron chi connectivity index (χ1n) is 7.41. The van der Waals surface area contributed by atoms with E-state index in [9.17, 15) is 4.79 Å². The summed E-state index contributed by atoms with van der Waals surface area (Å²) in [7, 11) is 0. The number of nitrogens with zero attached hydrogens (tertiary/aromatic N) is 2. The molecule has 0 unspecified atom stereocenters. The molecule has 1 amide bonds. The van der Waals surface area contributed by atoms with Gasteiger partial charge in [-0.1, -0.05) is 40.9 Å². The van der Waals surface area contributed by atoms with E-state index in [0.29, 0.717) is 22.0 Å². The molecule has 3 rings (SSSR count). The predicted molar refractivity (Wildman–Crippen MR) is 97.5 cm³/mol. The van der Waals surface area contributed by atoms with Crippen LogP contribution in [-0.4, -0.2) is 15.7 Å². The summed E-state index contributed by atoms with van der Waals surface area (Å²) in [5.74, 6) is 4.61. The normalized spacial score (nSPS) is 10.9. The second-order valence-electron chi connectivity index (χ2n) is 5.62. The summed E-state index contributed by atoms with van der Waals surface area (Å²) >= 11 is 12.0. The lowest BCUT2D eigenvalue weighted by atomic mass is 10.1. The molecule has 8 heteroatoms. The molecule has 0 saturated heterocycles. The second-order valence-corrected chi connectivity index (χ2v) is 6.44. The van der Waals surface area contributed by atoms with Gasteiger partial charge in [0.1, 0.15) is 0 Å². The maximum atomic E-state index is 12.0. The molecule has 0 atom stereocenters. The van der Waals surface area contributed by atoms with Gasteiger partial charge in [0.05, 0.1) is 27.5 Å². The van der Waals surface area contributed by atoms with Crippen LogP contribution in [0.1, 0.15) is 21.6 Å². The highest BCUT2D eigenvalue weighted by molar-refractivity contribution is 6.42. The zero-order valence-corrected chi connectivity index (χ0v) is 14.8. The van der Waals surface area contributed by atoms with Crippen molar-refractivity contribution < 1.29 is 4.79 Å². The van der Waals surface area contributed by atoms with Gasteiger partial charge in [-0.25, -0.2) is 5.84 Å². The third-order valence-electron chi connectivity index (χ3n) is 3.82. The number of amides is 1. The molecule has 6 nitrogen and oxygen atoms in total. The number of hydrogen-bond donors (Lipinski definition) is 3. The Morgan fingerprint density at radius 2 is 2.00 bits per heavy atom. The zero-order valence-electron chi connectivity index (χ0n) is 13.3. The van der Waals surface area contributed by atoms with Crippen LogP contribution in [0.25, 0.3) is 10.9 Å². The van der Waals surface area contributed by atoms with Gasteiger partial charge in [0.25, 0.3) is 5.91 Å². The molecular formula is C17H15Cl2N5O. The minimum Gasteiger partial charge on any atom is -0.298 e. The average molecular weight is 376 g/mol. The number of carbonyl (C=O) groups excluding carboxylic acids is 1. The highest BCUT2D eigenvalue weighted by atomic mass is 35.5. The SMILES string of the molecule is Cc1ccc2c(c1)c(=N)c(C(=O)NN)nn2Cc1ccc(Cl)c(Cl)c1. The van der Waals surface area contributed by atoms with Crippen LogP contribution in [0.4, 0.5) is 0 Å². The minimum absolute atomic E-state index is 0.0343. The number of aryl methyl sites for hydroxylation is 1. The number of hydrazine groups is 1. The average Bonchev–Trinajstić information content (AvgIpc) is 2.60. The number of nitrogens with one attached hydrogen (secondary N) is 2. The van der Waals surface area contributed by atoms with Crippen LogP contribution in [0.3, 0.4) is 0 Å². The molecule has 0 aliphatic heterocycles. The largest absolute Gasteiger partial charge is 0.298 e. The number of fused-ring (bicyclic) bond motifs is 1. The fourth-order valence-electron chi connectivity index (χ4n) is 2.59. The maximum Gasteiger partial charge on any atom is 0.287 e. The first-order valence-corrected chi connectivity index (χ1v) is 8.17. The lowest BCUT2D eigenvalue weighted by Gasteiger charge is -2.13. The number of carbonyl (C=O) groups is 1. The number of rotatable bonds is 3. The molecule has 0 aliphatic rings. The van der Waals surface area contributed by atoms with E-state index in [-0.39, 0.29) is 11.1 Å². The zero-order chi connectivity index (χ0) is 18.1. The third kappa shape index (κ3) is 3.37. The van der Waals surface area contributed by atoms with Crippen LogP contribution < -0.4 is 16.6 Å². The Bertz CT molecular complexity index is 1050. The van der Waals surface area contributed by atoms with E-state index in [4.69, 9.17) is 34.5 Å². The molecule has 2 aromatic carbocycles. The van der Waals surface area contributed by atoms with Crippen LogP contribution in [0.15, 0.2) is 36.4 Å². The molecule has 0 aliphatic carbocycles. The van der Waals surface area contributed by atoms with Gasteiger partial charge in [0.2, 0.25) is 0 Å². The highest BCUT2D eigenvalue weighted by Crippen LogP contribution is 2.23. The van der Waals surface area contributed by atoms with Crippen molar-refractivity contribution in [1.29, 1.82) is 5.41 Å². The van der Waals surface area contributed by atoms with Crippen molar-refractivity contribution in [1.82, 2.24) is 15.2 Å². The summed E-state index contributed by atoms with van der Waals surface area (Å²) in [6.45, 7) is 2.28. The van der Waals surface area contributed by atoms with E-state index < -0.39 is 5.91 Å². The number of halogens is 2. The van der Waals surface area contributed by atoms with Crippen molar-refractivity contribution in [3.63, 3.8) is 0 Å². The van der Waals surface area contributed by atoms with Gasteiger partial charge in [-0.2, -0.15) is 5.10 Å². The van der Waals surface area contributed by atoms with E-state index in [1.807, 2.05) is 36.6 Å². The number of benzene rings is 2. The summed E-state index contributed by atoms with van der Waals surface area (Å²) in [6.07, 6.45) is 0. The predicted octanol–water partition coefficient (Wildman–Crippen LogP) is 2.78. The quantitative estimate of drug-likeness (QED) is 0.373. The van der Waals surface area contributed by atoms with E-state index in [0.717, 1.165) is 16.6 Å². The maximum absolute atomic E-state index is 12.0. The lowest BCUT2D eigenvalue weighted by molar-refractivity contribution is 0.0945. The van der Waals surface area contributed by atoms with Crippen LogP contribution in [-0.2, 0) is 6.54 Å². The lowest BCUT2D eigenvalue weighted by Crippen LogP contribution is -2.36. The van der Waals surface area contributed by atoms with Crippen LogP contribution in [0, 0.1) is 12.3 Å². The number of nitrogens with two attached hydrogens (primary N) is 1. The number of hydrogen-bond acceptors (Lipinski definition) is 4. The van der Waals surface area contributed by atoms with Gasteiger partial charge < -0.3 is 0 Å². The molecule has 0 radical (unpaired) electrons. The van der Waals surface area contributed by atoms with Crippen LogP contribution in [0.2, 0.25) is 10.0 Å². The molecule has 0 saturated carbocycles. The Kier molecular flexibility index (Phi) is 4.76. The molecule has 0 bridgehead atoms. The minimum atomic E-state index is -0.615. The van der Waals surface area contributed by atoms with Gasteiger partial charge in [0.15, 0.2) is 5.69 Å². The number of nitrogen functional groups attached to an aromatic ring is 1. The van der Waals surface area contributed by atoms with Crippen molar-refractivity contribution in [3.05, 3.63) is 68.6 Å². The van der Waals surface area contributed by atoms with E-state index >= 15 is 0 Å². The van der Waals surface area contributed by atoms with Gasteiger partial charge >= 0.3 is 0 Å². The summed E-state index contributed by atoms with van der Waals surface area (Å²) in [5, 5.41) is 14.1. The topological polar surface area (TPSA) is 96.8 Å². The van der Waals surface area contributed by atoms with Crippen LogP contribution >= 0.6 is 23.2 Å². The van der Waals surface area contributed by atoms with Gasteiger partial charge in [-0.3, -0.25) is 20.3 Å². The first kappa shape index (κ1) is 17.4. The molecule has 0 fully saturated rings. The van der Waals surface area contributed by atoms with E-state index in [1.54, 1.807) is 16.8 Å². The fraction of sp³-hybridized carbons (Fsp3) is 0.118. The second kappa shape index (κ2) is 6.84. The molecule has 3 aromatic rings. The number of aromatic nitrogens is 2. The summed E-state index contributed by atoms with van der Waals surface area (Å²) in [6, 6.07) is 10.9. The summed E-state index contributed by atoms with van der Waals surface area (Å²) < 4.78 is 1.65. The highest BCUT2D eigenvalue weighted by Gasteiger charge is 2.15. The Labute approximate surface area is 153 Å². The van der Waals surface area contributed by atoms with Crippen LogP contribution in [0.5, 0.6) is 0 Å². The van der Waals surface area contributed by atoms with E-state index in [1.165, 1.54) is 0 Å². The fourth-order valence-corrected chi connectivity index (χ4v) is 2.91. The van der Waals surface area contributed by atoms with Crippen molar-refractivity contribution in [2.45, 2.75) is 13.5 Å². The first-order chi connectivity index (χ1) is 11.9. The monoisotopic (exact) mass is 375 g/mol. The van der Waals surface area contributed by atoms with Crippen molar-refractivity contribution in [3.8, 4) is 0 Å². The van der Waals surface area contributed by atoms with Gasteiger partial charge in [-0.15, -0.1) is 0 Å². The molecule has 1 aromatic heterocycles. The molecule has 4 N–H and O–H groups in total. The molecule has 1 heterocycles. The summed E-state index contributed by atoms with van der Waals surface area (Å²) in [4.78, 5) is 12.0. The Morgan fingerprint density at radius 1 is 1.24 bits per heavy atom. The summed E-state index contributed by atoms with van der Waals surface area (Å²) in [5.41, 5.74) is 4.57.